The molecule has 0 spiro atoms. The normalized spacial score (nSPS) is 9.33. The maximum absolute atomic E-state index is 5.18. The molecule has 61 valence electrons. The Morgan fingerprint density at radius 3 is 2.75 bits per heavy atom. The zero-order valence-electron chi connectivity index (χ0n) is 7.22. The van der Waals surface area contributed by atoms with Gasteiger partial charge in [0, 0.05) is 6.42 Å². The van der Waals surface area contributed by atoms with Gasteiger partial charge in [-0.1, -0.05) is 24.3 Å². The van der Waals surface area contributed by atoms with Crippen LogP contribution in [0.2, 0.25) is 0 Å². The summed E-state index contributed by atoms with van der Waals surface area (Å²) in [7, 11) is 0. The van der Waals surface area contributed by atoms with Crippen molar-refractivity contribution >= 4 is 0 Å². The van der Waals surface area contributed by atoms with Gasteiger partial charge < -0.3 is 0 Å². The lowest BCUT2D eigenvalue weighted by molar-refractivity contribution is 1.02. The number of terminal acetylenes is 1. The smallest absolute Gasteiger partial charge is 0.0127 e. The van der Waals surface area contributed by atoms with Gasteiger partial charge in [-0.3, -0.25) is 0 Å². The Bertz CT molecular complexity index is 278. The van der Waals surface area contributed by atoms with Crippen LogP contribution >= 0.6 is 0 Å². The third-order valence-corrected chi connectivity index (χ3v) is 1.84. The first-order valence-corrected chi connectivity index (χ1v) is 4.17. The van der Waals surface area contributed by atoms with Crippen LogP contribution in [-0.2, 0) is 12.8 Å². The minimum absolute atomic E-state index is 0.820. The van der Waals surface area contributed by atoms with Crippen LogP contribution in [0.1, 0.15) is 17.5 Å². The summed E-state index contributed by atoms with van der Waals surface area (Å²) in [6.07, 6.45) is 7.83. The third kappa shape index (κ3) is 2.43. The summed E-state index contributed by atoms with van der Waals surface area (Å²) < 4.78 is 0. The number of rotatable bonds is 3. The highest BCUT2D eigenvalue weighted by atomic mass is 14.0. The molecule has 0 saturated carbocycles. The summed E-state index contributed by atoms with van der Waals surface area (Å²) in [5.74, 6) is 2.64. The minimum atomic E-state index is 0.820. The molecule has 0 bridgehead atoms. The van der Waals surface area contributed by atoms with Gasteiger partial charge in [0.15, 0.2) is 0 Å². The molecule has 0 heteroatoms. The van der Waals surface area contributed by atoms with E-state index in [0.29, 0.717) is 0 Å². The Hall–Kier alpha value is -1.22. The first kappa shape index (κ1) is 8.87. The van der Waals surface area contributed by atoms with Crippen LogP contribution in [0.25, 0.3) is 0 Å². The molecule has 0 unspecified atom stereocenters. The minimum Gasteiger partial charge on any atom is -0.120 e. The summed E-state index contributed by atoms with van der Waals surface area (Å²) in [6.45, 7) is 3.84. The fourth-order valence-electron chi connectivity index (χ4n) is 1.16. The van der Waals surface area contributed by atoms with Crippen LogP contribution in [0.5, 0.6) is 0 Å². The van der Waals surface area contributed by atoms with Crippen LogP contribution in [0.15, 0.2) is 24.3 Å². The zero-order chi connectivity index (χ0) is 8.81. The second-order valence-corrected chi connectivity index (χ2v) is 2.77. The van der Waals surface area contributed by atoms with Gasteiger partial charge in [0.25, 0.3) is 0 Å². The molecule has 0 aromatic heterocycles. The SMILES string of the molecule is C#CCCc1cccc(C[CH2])c1. The highest BCUT2D eigenvalue weighted by Gasteiger charge is 1.92. The van der Waals surface area contributed by atoms with Gasteiger partial charge in [-0.25, -0.2) is 0 Å². The predicted octanol–water partition coefficient (Wildman–Crippen LogP) is 2.63. The molecule has 1 aromatic rings. The molecule has 1 aromatic carbocycles. The number of aryl methyl sites for hydroxylation is 1. The molecule has 0 aliphatic heterocycles. The van der Waals surface area contributed by atoms with Gasteiger partial charge in [0.1, 0.15) is 0 Å². The summed E-state index contributed by atoms with van der Waals surface area (Å²) in [6, 6.07) is 8.43. The lowest BCUT2D eigenvalue weighted by Gasteiger charge is -2.00. The Kier molecular flexibility index (Phi) is 3.41. The van der Waals surface area contributed by atoms with Crippen molar-refractivity contribution in [2.45, 2.75) is 19.3 Å². The molecule has 0 saturated heterocycles. The molecule has 0 N–H and O–H groups in total. The summed E-state index contributed by atoms with van der Waals surface area (Å²) in [4.78, 5) is 0. The molecule has 0 amide bonds. The lowest BCUT2D eigenvalue weighted by Crippen LogP contribution is -1.86. The highest BCUT2D eigenvalue weighted by Crippen LogP contribution is 2.07. The van der Waals surface area contributed by atoms with Crippen molar-refractivity contribution in [1.29, 1.82) is 0 Å². The van der Waals surface area contributed by atoms with Crippen molar-refractivity contribution in [3.8, 4) is 12.3 Å². The van der Waals surface area contributed by atoms with Crippen molar-refractivity contribution in [2.24, 2.45) is 0 Å². The summed E-state index contributed by atoms with van der Waals surface area (Å²) in [5.41, 5.74) is 2.60. The van der Waals surface area contributed by atoms with E-state index in [4.69, 9.17) is 6.42 Å². The molecule has 0 fully saturated rings. The molecule has 0 nitrogen and oxygen atoms in total. The lowest BCUT2D eigenvalue weighted by atomic mass is 10.1. The Balaban J connectivity index is 2.67. The first-order valence-electron chi connectivity index (χ1n) is 4.17. The van der Waals surface area contributed by atoms with Gasteiger partial charge in [-0.2, -0.15) is 0 Å². The number of benzene rings is 1. The van der Waals surface area contributed by atoms with E-state index in [-0.39, 0.29) is 0 Å². The fourth-order valence-corrected chi connectivity index (χ4v) is 1.16. The van der Waals surface area contributed by atoms with Crippen molar-refractivity contribution in [3.63, 3.8) is 0 Å². The highest BCUT2D eigenvalue weighted by molar-refractivity contribution is 5.24. The molecule has 0 atom stereocenters. The monoisotopic (exact) mass is 157 g/mol. The van der Waals surface area contributed by atoms with Crippen LogP contribution in [-0.4, -0.2) is 0 Å². The average Bonchev–Trinajstić information content (AvgIpc) is 2.15. The first-order chi connectivity index (χ1) is 5.86. The van der Waals surface area contributed by atoms with Crippen LogP contribution in [0.4, 0.5) is 0 Å². The Morgan fingerprint density at radius 1 is 1.33 bits per heavy atom. The predicted molar refractivity (Wildman–Crippen MR) is 52.7 cm³/mol. The topological polar surface area (TPSA) is 0 Å². The van der Waals surface area contributed by atoms with E-state index < -0.39 is 0 Å². The van der Waals surface area contributed by atoms with Gasteiger partial charge in [0.05, 0.1) is 0 Å². The molecule has 12 heavy (non-hydrogen) atoms. The number of hydrogen-bond donors (Lipinski definition) is 0. The van der Waals surface area contributed by atoms with Crippen molar-refractivity contribution < 1.29 is 0 Å². The Labute approximate surface area is 74.6 Å². The van der Waals surface area contributed by atoms with Gasteiger partial charge in [-0.15, -0.1) is 12.3 Å². The maximum atomic E-state index is 5.18. The molecule has 1 radical (unpaired) electrons. The van der Waals surface area contributed by atoms with Gasteiger partial charge in [0.2, 0.25) is 0 Å². The zero-order valence-corrected chi connectivity index (χ0v) is 7.22. The maximum Gasteiger partial charge on any atom is 0.0127 e. The summed E-state index contributed by atoms with van der Waals surface area (Å²) >= 11 is 0. The standard InChI is InChI=1S/C12H13/c1-3-5-7-12-9-6-8-11(4-2)10-12/h1,6,8-10H,2,4-5,7H2. The van der Waals surface area contributed by atoms with E-state index in [2.05, 4.69) is 37.1 Å². The van der Waals surface area contributed by atoms with Crippen LogP contribution in [0, 0.1) is 19.3 Å². The van der Waals surface area contributed by atoms with E-state index in [9.17, 15) is 0 Å². The molecule has 0 aliphatic carbocycles. The molecule has 0 heterocycles. The van der Waals surface area contributed by atoms with E-state index >= 15 is 0 Å². The average molecular weight is 157 g/mol. The van der Waals surface area contributed by atoms with Crippen LogP contribution < -0.4 is 0 Å². The van der Waals surface area contributed by atoms with E-state index in [1.165, 1.54) is 11.1 Å². The van der Waals surface area contributed by atoms with E-state index in [0.717, 1.165) is 19.3 Å². The fraction of sp³-hybridized carbons (Fsp3) is 0.250. The third-order valence-electron chi connectivity index (χ3n) is 1.84. The largest absolute Gasteiger partial charge is 0.120 e. The van der Waals surface area contributed by atoms with Crippen molar-refractivity contribution in [2.75, 3.05) is 0 Å². The second-order valence-electron chi connectivity index (χ2n) is 2.77. The van der Waals surface area contributed by atoms with E-state index in [1.807, 2.05) is 0 Å². The van der Waals surface area contributed by atoms with Gasteiger partial charge in [-0.05, 0) is 30.9 Å². The van der Waals surface area contributed by atoms with Crippen molar-refractivity contribution in [3.05, 3.63) is 42.3 Å². The number of hydrogen-bond acceptors (Lipinski definition) is 0. The van der Waals surface area contributed by atoms with Crippen LogP contribution in [0.3, 0.4) is 0 Å². The molecule has 1 rings (SSSR count). The molecular weight excluding hydrogens is 144 g/mol. The second kappa shape index (κ2) is 4.62. The Morgan fingerprint density at radius 2 is 2.08 bits per heavy atom. The van der Waals surface area contributed by atoms with Crippen molar-refractivity contribution in [1.82, 2.24) is 0 Å². The molecule has 0 aliphatic rings. The quantitative estimate of drug-likeness (QED) is 0.592. The van der Waals surface area contributed by atoms with Gasteiger partial charge >= 0.3 is 0 Å². The molecular formula is C12H13. The van der Waals surface area contributed by atoms with E-state index in [1.54, 1.807) is 0 Å². The summed E-state index contributed by atoms with van der Waals surface area (Å²) in [5, 5.41) is 0.